The summed E-state index contributed by atoms with van der Waals surface area (Å²) in [6.45, 7) is 4.53. The number of aryl methyl sites for hydroxylation is 1. The van der Waals surface area contributed by atoms with E-state index in [-0.39, 0.29) is 0 Å². The standard InChI is InChI=1S/C19H23N/c1-3-14(2)15-8-11-17(12-9-15)20-19-13-10-16-6-4-5-7-18(16)19/h4-9,11-12,14,19-20H,3,10,13H2,1-2H3. The van der Waals surface area contributed by atoms with Gasteiger partial charge in [-0.1, -0.05) is 50.2 Å². The van der Waals surface area contributed by atoms with Crippen molar-refractivity contribution in [1.82, 2.24) is 0 Å². The quantitative estimate of drug-likeness (QED) is 0.791. The van der Waals surface area contributed by atoms with Crippen LogP contribution in [-0.2, 0) is 6.42 Å². The van der Waals surface area contributed by atoms with Gasteiger partial charge in [0.2, 0.25) is 0 Å². The first-order chi connectivity index (χ1) is 9.78. The van der Waals surface area contributed by atoms with E-state index in [0.717, 1.165) is 0 Å². The van der Waals surface area contributed by atoms with Crippen molar-refractivity contribution in [2.75, 3.05) is 5.32 Å². The molecule has 0 saturated heterocycles. The molecule has 0 aromatic heterocycles. The summed E-state index contributed by atoms with van der Waals surface area (Å²) in [7, 11) is 0. The van der Waals surface area contributed by atoms with Crippen molar-refractivity contribution in [3.05, 3.63) is 65.2 Å². The zero-order valence-electron chi connectivity index (χ0n) is 12.4. The Morgan fingerprint density at radius 1 is 1.10 bits per heavy atom. The average Bonchev–Trinajstić information content (AvgIpc) is 2.91. The molecule has 1 nitrogen and oxygen atoms in total. The Labute approximate surface area is 122 Å². The molecule has 1 heteroatoms. The van der Waals surface area contributed by atoms with Crippen molar-refractivity contribution in [2.24, 2.45) is 0 Å². The summed E-state index contributed by atoms with van der Waals surface area (Å²) in [6.07, 6.45) is 3.59. The molecule has 1 aliphatic carbocycles. The van der Waals surface area contributed by atoms with Crippen LogP contribution in [0, 0.1) is 0 Å². The fourth-order valence-electron chi connectivity index (χ4n) is 3.05. The lowest BCUT2D eigenvalue weighted by atomic mass is 9.98. The van der Waals surface area contributed by atoms with Crippen molar-refractivity contribution in [3.63, 3.8) is 0 Å². The maximum absolute atomic E-state index is 3.68. The van der Waals surface area contributed by atoms with Gasteiger partial charge in [-0.15, -0.1) is 0 Å². The summed E-state index contributed by atoms with van der Waals surface area (Å²) >= 11 is 0. The van der Waals surface area contributed by atoms with E-state index in [1.54, 1.807) is 0 Å². The second kappa shape index (κ2) is 5.70. The van der Waals surface area contributed by atoms with E-state index < -0.39 is 0 Å². The second-order valence-corrected chi connectivity index (χ2v) is 5.87. The SMILES string of the molecule is CCC(C)c1ccc(NC2CCc3ccccc32)cc1. The molecule has 1 aliphatic rings. The van der Waals surface area contributed by atoms with E-state index >= 15 is 0 Å². The largest absolute Gasteiger partial charge is 0.378 e. The molecule has 20 heavy (non-hydrogen) atoms. The summed E-state index contributed by atoms with van der Waals surface area (Å²) in [5.41, 5.74) is 5.64. The fraction of sp³-hybridized carbons (Fsp3) is 0.368. The van der Waals surface area contributed by atoms with Crippen molar-refractivity contribution >= 4 is 5.69 Å². The Morgan fingerprint density at radius 3 is 2.60 bits per heavy atom. The highest BCUT2D eigenvalue weighted by Crippen LogP contribution is 2.33. The molecule has 0 heterocycles. The first-order valence-corrected chi connectivity index (χ1v) is 7.72. The normalized spacial score (nSPS) is 18.6. The molecule has 104 valence electrons. The van der Waals surface area contributed by atoms with Gasteiger partial charge >= 0.3 is 0 Å². The van der Waals surface area contributed by atoms with E-state index in [4.69, 9.17) is 0 Å². The summed E-state index contributed by atoms with van der Waals surface area (Å²) in [4.78, 5) is 0. The number of rotatable bonds is 4. The number of hydrogen-bond donors (Lipinski definition) is 1. The third-order valence-corrected chi connectivity index (χ3v) is 4.57. The van der Waals surface area contributed by atoms with Gasteiger partial charge in [-0.05, 0) is 54.0 Å². The van der Waals surface area contributed by atoms with E-state index in [2.05, 4.69) is 67.7 Å². The Bertz CT molecular complexity index is 571. The predicted octanol–water partition coefficient (Wildman–Crippen LogP) is 5.30. The van der Waals surface area contributed by atoms with Gasteiger partial charge in [0.05, 0.1) is 6.04 Å². The van der Waals surface area contributed by atoms with E-state index in [0.29, 0.717) is 12.0 Å². The van der Waals surface area contributed by atoms with Crippen LogP contribution >= 0.6 is 0 Å². The zero-order chi connectivity index (χ0) is 13.9. The van der Waals surface area contributed by atoms with E-state index in [9.17, 15) is 0 Å². The number of fused-ring (bicyclic) bond motifs is 1. The first kappa shape index (κ1) is 13.2. The third kappa shape index (κ3) is 2.58. The molecule has 1 N–H and O–H groups in total. The van der Waals surface area contributed by atoms with Gasteiger partial charge in [-0.2, -0.15) is 0 Å². The van der Waals surface area contributed by atoms with Crippen molar-refractivity contribution < 1.29 is 0 Å². The van der Waals surface area contributed by atoms with Gasteiger partial charge in [-0.25, -0.2) is 0 Å². The number of nitrogens with one attached hydrogen (secondary N) is 1. The Kier molecular flexibility index (Phi) is 3.77. The molecule has 2 aromatic carbocycles. The molecule has 0 fully saturated rings. The maximum Gasteiger partial charge on any atom is 0.0519 e. The molecule has 3 rings (SSSR count). The number of hydrogen-bond acceptors (Lipinski definition) is 1. The van der Waals surface area contributed by atoms with Crippen LogP contribution in [0.4, 0.5) is 5.69 Å². The van der Waals surface area contributed by atoms with Crippen LogP contribution in [0.25, 0.3) is 0 Å². The van der Waals surface area contributed by atoms with Crippen LogP contribution in [0.5, 0.6) is 0 Å². The van der Waals surface area contributed by atoms with Crippen LogP contribution in [-0.4, -0.2) is 0 Å². The Balaban J connectivity index is 1.73. The molecule has 0 amide bonds. The van der Waals surface area contributed by atoms with Crippen LogP contribution in [0.1, 0.15) is 55.3 Å². The van der Waals surface area contributed by atoms with Gasteiger partial charge in [0.15, 0.2) is 0 Å². The molecule has 2 atom stereocenters. The van der Waals surface area contributed by atoms with Gasteiger partial charge in [-0.3, -0.25) is 0 Å². The van der Waals surface area contributed by atoms with Gasteiger partial charge in [0.1, 0.15) is 0 Å². The van der Waals surface area contributed by atoms with Crippen LogP contribution in [0.15, 0.2) is 48.5 Å². The van der Waals surface area contributed by atoms with Crippen molar-refractivity contribution in [2.45, 2.75) is 45.1 Å². The monoisotopic (exact) mass is 265 g/mol. The maximum atomic E-state index is 3.68. The summed E-state index contributed by atoms with van der Waals surface area (Å²) in [5, 5.41) is 3.68. The highest BCUT2D eigenvalue weighted by molar-refractivity contribution is 5.49. The Morgan fingerprint density at radius 2 is 1.85 bits per heavy atom. The molecular weight excluding hydrogens is 242 g/mol. The minimum absolute atomic E-state index is 0.473. The molecular formula is C19H23N. The van der Waals surface area contributed by atoms with Crippen LogP contribution in [0.2, 0.25) is 0 Å². The van der Waals surface area contributed by atoms with Crippen molar-refractivity contribution in [3.8, 4) is 0 Å². The highest BCUT2D eigenvalue weighted by Gasteiger charge is 2.21. The van der Waals surface area contributed by atoms with Crippen molar-refractivity contribution in [1.29, 1.82) is 0 Å². The molecule has 0 spiro atoms. The Hall–Kier alpha value is -1.76. The van der Waals surface area contributed by atoms with Crippen LogP contribution < -0.4 is 5.32 Å². The minimum Gasteiger partial charge on any atom is -0.378 e. The summed E-state index contributed by atoms with van der Waals surface area (Å²) in [5.74, 6) is 0.649. The summed E-state index contributed by atoms with van der Waals surface area (Å²) in [6, 6.07) is 18.2. The lowest BCUT2D eigenvalue weighted by molar-refractivity contribution is 0.732. The second-order valence-electron chi connectivity index (χ2n) is 5.87. The van der Waals surface area contributed by atoms with Gasteiger partial charge < -0.3 is 5.32 Å². The third-order valence-electron chi connectivity index (χ3n) is 4.57. The molecule has 0 saturated carbocycles. The molecule has 2 aromatic rings. The topological polar surface area (TPSA) is 12.0 Å². The summed E-state index contributed by atoms with van der Waals surface area (Å²) < 4.78 is 0. The minimum atomic E-state index is 0.473. The number of benzene rings is 2. The van der Waals surface area contributed by atoms with E-state index in [1.165, 1.54) is 41.6 Å². The molecule has 2 unspecified atom stereocenters. The predicted molar refractivity (Wildman–Crippen MR) is 86.3 cm³/mol. The number of anilines is 1. The first-order valence-electron chi connectivity index (χ1n) is 7.72. The van der Waals surface area contributed by atoms with Gasteiger partial charge in [0.25, 0.3) is 0 Å². The molecule has 0 aliphatic heterocycles. The highest BCUT2D eigenvalue weighted by atomic mass is 14.9. The molecule has 0 bridgehead atoms. The average molecular weight is 265 g/mol. The van der Waals surface area contributed by atoms with Gasteiger partial charge in [0, 0.05) is 5.69 Å². The van der Waals surface area contributed by atoms with E-state index in [1.807, 2.05) is 0 Å². The lowest BCUT2D eigenvalue weighted by Gasteiger charge is -2.16. The smallest absolute Gasteiger partial charge is 0.0519 e. The zero-order valence-corrected chi connectivity index (χ0v) is 12.4. The molecule has 0 radical (unpaired) electrons. The fourth-order valence-corrected chi connectivity index (χ4v) is 3.05. The van der Waals surface area contributed by atoms with Crippen LogP contribution in [0.3, 0.4) is 0 Å². The lowest BCUT2D eigenvalue weighted by Crippen LogP contribution is -2.07.